The lowest BCUT2D eigenvalue weighted by Crippen LogP contribution is -2.48. The molecule has 1 spiro atoms. The molecular weight excluding hydrogens is 349 g/mol. The van der Waals surface area contributed by atoms with Crippen LogP contribution in [0.15, 0.2) is 12.1 Å². The zero-order valence-electron chi connectivity index (χ0n) is 13.0. The number of carbonyl (C=O) groups excluding carboxylic acids is 1. The second-order valence-electron chi connectivity index (χ2n) is 6.45. The van der Waals surface area contributed by atoms with Crippen molar-refractivity contribution in [3.8, 4) is 0 Å². The molecule has 8 heteroatoms. The number of amides is 1. The minimum Gasteiger partial charge on any atom is -0.374 e. The van der Waals surface area contributed by atoms with E-state index >= 15 is 0 Å². The van der Waals surface area contributed by atoms with Crippen LogP contribution in [-0.2, 0) is 4.74 Å². The third-order valence-electron chi connectivity index (χ3n) is 4.73. The summed E-state index contributed by atoms with van der Waals surface area (Å²) in [6.45, 7) is 0.649. The van der Waals surface area contributed by atoms with Gasteiger partial charge < -0.3 is 20.0 Å². The van der Waals surface area contributed by atoms with Crippen LogP contribution in [0, 0.1) is 10.6 Å². The van der Waals surface area contributed by atoms with Crippen molar-refractivity contribution >= 4 is 40.9 Å². The lowest BCUT2D eigenvalue weighted by Gasteiger charge is -2.38. The molecule has 3 heterocycles. The highest BCUT2D eigenvalue weighted by molar-refractivity contribution is 7.99. The second-order valence-corrected chi connectivity index (χ2v) is 7.97. The molecular formula is C16H18FN3O2S2. The molecule has 128 valence electrons. The Balaban J connectivity index is 1.57. The largest absolute Gasteiger partial charge is 0.374 e. The van der Waals surface area contributed by atoms with E-state index in [1.165, 1.54) is 12.1 Å². The Morgan fingerprint density at radius 2 is 2.33 bits per heavy atom. The van der Waals surface area contributed by atoms with Gasteiger partial charge in [0.25, 0.3) is 5.91 Å². The average molecular weight is 367 g/mol. The number of thioether (sulfide) groups is 1. The van der Waals surface area contributed by atoms with Crippen LogP contribution in [0.25, 0.3) is 11.0 Å². The predicted octanol–water partition coefficient (Wildman–Crippen LogP) is 3.15. The van der Waals surface area contributed by atoms with Gasteiger partial charge in [0.1, 0.15) is 5.82 Å². The summed E-state index contributed by atoms with van der Waals surface area (Å²) in [5.74, 6) is 1.34. The van der Waals surface area contributed by atoms with E-state index in [0.29, 0.717) is 22.4 Å². The van der Waals surface area contributed by atoms with Gasteiger partial charge in [-0.3, -0.25) is 4.79 Å². The number of fused-ring (bicyclic) bond motifs is 1. The van der Waals surface area contributed by atoms with Crippen LogP contribution >= 0.6 is 24.0 Å². The molecule has 0 radical (unpaired) electrons. The van der Waals surface area contributed by atoms with Gasteiger partial charge in [-0.15, -0.1) is 0 Å². The van der Waals surface area contributed by atoms with Gasteiger partial charge in [-0.1, -0.05) is 0 Å². The number of ether oxygens (including phenoxy) is 1. The van der Waals surface area contributed by atoms with Crippen LogP contribution < -0.4 is 5.32 Å². The van der Waals surface area contributed by atoms with E-state index in [0.717, 1.165) is 30.8 Å². The number of benzene rings is 1. The highest BCUT2D eigenvalue weighted by atomic mass is 32.2. The standard InChI is InChI=1S/C16H18FN3O2S2/c17-9-5-11(13-12(6-9)19-15(23)20-13)14(21)18-10-1-3-22-16(7-10)2-4-24-8-16/h5-6,10H,1-4,7-8H2,(H,18,21)(H2,19,20,23)/t10-,16+/m0/s1. The van der Waals surface area contributed by atoms with Crippen molar-refractivity contribution in [1.82, 2.24) is 15.3 Å². The van der Waals surface area contributed by atoms with Gasteiger partial charge in [-0.05, 0) is 49.4 Å². The topological polar surface area (TPSA) is 69.9 Å². The Bertz CT molecular complexity index is 841. The molecule has 1 amide bonds. The fraction of sp³-hybridized carbons (Fsp3) is 0.500. The van der Waals surface area contributed by atoms with Crippen molar-refractivity contribution in [2.75, 3.05) is 18.1 Å². The van der Waals surface area contributed by atoms with E-state index in [9.17, 15) is 9.18 Å². The molecule has 0 aliphatic carbocycles. The zero-order chi connectivity index (χ0) is 16.7. The minimum absolute atomic E-state index is 0.0465. The molecule has 2 aromatic rings. The van der Waals surface area contributed by atoms with Crippen LogP contribution in [0.2, 0.25) is 0 Å². The first-order chi connectivity index (χ1) is 11.5. The molecule has 2 aliphatic heterocycles. The smallest absolute Gasteiger partial charge is 0.253 e. The van der Waals surface area contributed by atoms with Crippen LogP contribution in [0.4, 0.5) is 4.39 Å². The monoisotopic (exact) mass is 367 g/mol. The summed E-state index contributed by atoms with van der Waals surface area (Å²) in [7, 11) is 0. The van der Waals surface area contributed by atoms with E-state index < -0.39 is 5.82 Å². The number of nitrogens with one attached hydrogen (secondary N) is 3. The Morgan fingerprint density at radius 3 is 3.12 bits per heavy atom. The third-order valence-corrected chi connectivity index (χ3v) is 6.16. The van der Waals surface area contributed by atoms with E-state index in [2.05, 4.69) is 15.3 Å². The average Bonchev–Trinajstić information content (AvgIpc) is 3.12. The lowest BCUT2D eigenvalue weighted by atomic mass is 9.89. The van der Waals surface area contributed by atoms with E-state index in [-0.39, 0.29) is 23.1 Å². The second kappa shape index (κ2) is 6.16. The number of imidazole rings is 1. The Kier molecular flexibility index (Phi) is 4.14. The van der Waals surface area contributed by atoms with Crippen LogP contribution in [0.1, 0.15) is 29.6 Å². The zero-order valence-corrected chi connectivity index (χ0v) is 14.6. The van der Waals surface area contributed by atoms with Gasteiger partial charge in [0.15, 0.2) is 4.77 Å². The van der Waals surface area contributed by atoms with Gasteiger partial charge in [0.2, 0.25) is 0 Å². The van der Waals surface area contributed by atoms with Crippen molar-refractivity contribution in [2.45, 2.75) is 30.9 Å². The molecule has 2 aliphatic rings. The number of halogens is 1. The summed E-state index contributed by atoms with van der Waals surface area (Å²) in [4.78, 5) is 18.5. The Morgan fingerprint density at radius 1 is 1.46 bits per heavy atom. The van der Waals surface area contributed by atoms with Crippen molar-refractivity contribution in [3.63, 3.8) is 0 Å². The molecule has 0 bridgehead atoms. The van der Waals surface area contributed by atoms with Crippen molar-refractivity contribution < 1.29 is 13.9 Å². The molecule has 4 rings (SSSR count). The molecule has 2 fully saturated rings. The first-order valence-corrected chi connectivity index (χ1v) is 9.55. The molecule has 2 atom stereocenters. The van der Waals surface area contributed by atoms with Crippen LogP contribution in [-0.4, -0.2) is 45.6 Å². The number of carbonyl (C=O) groups is 1. The first-order valence-electron chi connectivity index (χ1n) is 7.99. The Labute approximate surface area is 147 Å². The summed E-state index contributed by atoms with van der Waals surface area (Å²) in [6, 6.07) is 2.62. The van der Waals surface area contributed by atoms with Crippen molar-refractivity contribution in [2.24, 2.45) is 0 Å². The van der Waals surface area contributed by atoms with Crippen LogP contribution in [0.5, 0.6) is 0 Å². The number of rotatable bonds is 2. The minimum atomic E-state index is -0.464. The van der Waals surface area contributed by atoms with E-state index in [1.807, 2.05) is 11.8 Å². The van der Waals surface area contributed by atoms with Crippen molar-refractivity contribution in [1.29, 1.82) is 0 Å². The fourth-order valence-corrected chi connectivity index (χ4v) is 5.15. The quantitative estimate of drug-likeness (QED) is 0.713. The summed E-state index contributed by atoms with van der Waals surface area (Å²) >= 11 is 6.94. The number of hydrogen-bond donors (Lipinski definition) is 3. The summed E-state index contributed by atoms with van der Waals surface area (Å²) in [6.07, 6.45) is 2.62. The summed E-state index contributed by atoms with van der Waals surface area (Å²) < 4.78 is 20.2. The van der Waals surface area contributed by atoms with Gasteiger partial charge in [-0.2, -0.15) is 11.8 Å². The molecule has 2 saturated heterocycles. The fourth-order valence-electron chi connectivity index (χ4n) is 3.56. The number of aromatic nitrogens is 2. The third kappa shape index (κ3) is 2.98. The predicted molar refractivity (Wildman–Crippen MR) is 94.6 cm³/mol. The molecule has 0 saturated carbocycles. The van der Waals surface area contributed by atoms with E-state index in [1.54, 1.807) is 0 Å². The SMILES string of the molecule is O=C(N[C@H]1CCO[C@]2(CCSC2)C1)c1cc(F)cc2[nH]c(=S)[nH]c12. The highest BCUT2D eigenvalue weighted by Gasteiger charge is 2.40. The lowest BCUT2D eigenvalue weighted by molar-refractivity contribution is -0.0688. The highest BCUT2D eigenvalue weighted by Crippen LogP contribution is 2.38. The summed E-state index contributed by atoms with van der Waals surface area (Å²) in [5.41, 5.74) is 1.21. The molecule has 1 aromatic heterocycles. The Hall–Kier alpha value is -1.38. The first kappa shape index (κ1) is 16.1. The molecule has 0 unspecified atom stereocenters. The van der Waals surface area contributed by atoms with Gasteiger partial charge >= 0.3 is 0 Å². The van der Waals surface area contributed by atoms with Gasteiger partial charge in [0.05, 0.1) is 22.2 Å². The number of H-pyrrole nitrogens is 2. The number of aromatic amines is 2. The maximum Gasteiger partial charge on any atom is 0.253 e. The van der Waals surface area contributed by atoms with Gasteiger partial charge in [-0.25, -0.2) is 4.39 Å². The number of hydrogen-bond acceptors (Lipinski definition) is 4. The molecule has 3 N–H and O–H groups in total. The van der Waals surface area contributed by atoms with Crippen molar-refractivity contribution in [3.05, 3.63) is 28.3 Å². The summed E-state index contributed by atoms with van der Waals surface area (Å²) in [5, 5.41) is 3.05. The maximum absolute atomic E-state index is 13.8. The van der Waals surface area contributed by atoms with E-state index in [4.69, 9.17) is 17.0 Å². The molecule has 5 nitrogen and oxygen atoms in total. The normalized spacial score (nSPS) is 27.0. The molecule has 24 heavy (non-hydrogen) atoms. The molecule has 1 aromatic carbocycles. The van der Waals surface area contributed by atoms with Gasteiger partial charge in [0, 0.05) is 18.4 Å². The van der Waals surface area contributed by atoms with Crippen LogP contribution in [0.3, 0.4) is 0 Å². The maximum atomic E-state index is 13.8.